The molecule has 0 fully saturated rings. The number of H-pyrrole nitrogens is 1. The smallest absolute Gasteiger partial charge is 0.277 e. The van der Waals surface area contributed by atoms with Crippen molar-refractivity contribution in [3.8, 4) is 0 Å². The molecule has 1 amide bonds. The number of aromatic amines is 1. The van der Waals surface area contributed by atoms with E-state index in [4.69, 9.17) is 11.6 Å². The van der Waals surface area contributed by atoms with E-state index in [0.717, 1.165) is 5.69 Å². The molecule has 0 spiro atoms. The minimum absolute atomic E-state index is 0.139. The SMILES string of the molecule is CSc1ncc(Cl)c(C(=O)Nc2cc(C(C)C)[nH]n2)n1. The van der Waals surface area contributed by atoms with Gasteiger partial charge in [-0.1, -0.05) is 37.2 Å². The van der Waals surface area contributed by atoms with Gasteiger partial charge in [0.25, 0.3) is 5.91 Å². The molecule has 20 heavy (non-hydrogen) atoms. The first kappa shape index (κ1) is 14.8. The zero-order chi connectivity index (χ0) is 14.7. The van der Waals surface area contributed by atoms with Gasteiger partial charge in [0.2, 0.25) is 0 Å². The standard InChI is InChI=1S/C12H14ClN5OS/c1-6(2)8-4-9(18-17-8)15-11(19)10-7(13)5-14-12(16-10)20-3/h4-6H,1-3H3,(H2,15,17,18,19). The highest BCUT2D eigenvalue weighted by molar-refractivity contribution is 7.98. The number of hydrogen-bond acceptors (Lipinski definition) is 5. The first-order chi connectivity index (χ1) is 9.51. The maximum absolute atomic E-state index is 12.1. The van der Waals surface area contributed by atoms with Gasteiger partial charge in [0, 0.05) is 11.8 Å². The van der Waals surface area contributed by atoms with E-state index in [0.29, 0.717) is 16.9 Å². The number of hydrogen-bond donors (Lipinski definition) is 2. The Morgan fingerprint density at radius 1 is 1.50 bits per heavy atom. The topological polar surface area (TPSA) is 83.6 Å². The lowest BCUT2D eigenvalue weighted by molar-refractivity contribution is 0.102. The van der Waals surface area contributed by atoms with Crippen molar-refractivity contribution in [2.75, 3.05) is 11.6 Å². The van der Waals surface area contributed by atoms with E-state index in [-0.39, 0.29) is 10.7 Å². The number of aromatic nitrogens is 4. The third-order valence-electron chi connectivity index (χ3n) is 2.58. The summed E-state index contributed by atoms with van der Waals surface area (Å²) in [6, 6.07) is 1.78. The molecule has 0 radical (unpaired) electrons. The van der Waals surface area contributed by atoms with Crippen LogP contribution in [0.5, 0.6) is 0 Å². The molecule has 2 heterocycles. The molecule has 6 nitrogen and oxygen atoms in total. The molecule has 2 rings (SSSR count). The fraction of sp³-hybridized carbons (Fsp3) is 0.333. The molecule has 0 bridgehead atoms. The average Bonchev–Trinajstić information content (AvgIpc) is 2.88. The number of carbonyl (C=O) groups is 1. The number of carbonyl (C=O) groups excluding carboxylic acids is 1. The second kappa shape index (κ2) is 6.23. The first-order valence-corrected chi connectivity index (χ1v) is 7.54. The monoisotopic (exact) mass is 311 g/mol. The molecule has 0 atom stereocenters. The lowest BCUT2D eigenvalue weighted by Gasteiger charge is -2.04. The fourth-order valence-electron chi connectivity index (χ4n) is 1.48. The fourth-order valence-corrected chi connectivity index (χ4v) is 2.00. The van der Waals surface area contributed by atoms with Gasteiger partial charge >= 0.3 is 0 Å². The highest BCUT2D eigenvalue weighted by Crippen LogP contribution is 2.19. The Morgan fingerprint density at radius 2 is 2.25 bits per heavy atom. The van der Waals surface area contributed by atoms with Crippen molar-refractivity contribution in [3.63, 3.8) is 0 Å². The number of nitrogens with one attached hydrogen (secondary N) is 2. The van der Waals surface area contributed by atoms with E-state index in [1.807, 2.05) is 20.1 Å². The number of nitrogens with zero attached hydrogens (tertiary/aromatic N) is 3. The maximum Gasteiger partial charge on any atom is 0.277 e. The van der Waals surface area contributed by atoms with Crippen molar-refractivity contribution in [2.24, 2.45) is 0 Å². The quantitative estimate of drug-likeness (QED) is 0.670. The second-order valence-electron chi connectivity index (χ2n) is 4.37. The number of halogens is 1. The number of anilines is 1. The van der Waals surface area contributed by atoms with Crippen molar-refractivity contribution >= 4 is 35.1 Å². The number of amides is 1. The second-order valence-corrected chi connectivity index (χ2v) is 5.55. The van der Waals surface area contributed by atoms with Gasteiger partial charge in [-0.25, -0.2) is 9.97 Å². The summed E-state index contributed by atoms with van der Waals surface area (Å²) in [5, 5.41) is 10.2. The van der Waals surface area contributed by atoms with Gasteiger partial charge in [-0.2, -0.15) is 5.10 Å². The minimum atomic E-state index is -0.408. The lowest BCUT2D eigenvalue weighted by Crippen LogP contribution is -2.15. The molecular formula is C12H14ClN5OS. The van der Waals surface area contributed by atoms with Crippen molar-refractivity contribution in [3.05, 3.63) is 28.7 Å². The molecule has 2 aromatic heterocycles. The van der Waals surface area contributed by atoms with Crippen molar-refractivity contribution in [1.82, 2.24) is 20.2 Å². The Labute approximate surface area is 125 Å². The van der Waals surface area contributed by atoms with Crippen LogP contribution < -0.4 is 5.32 Å². The normalized spacial score (nSPS) is 10.8. The summed E-state index contributed by atoms with van der Waals surface area (Å²) in [7, 11) is 0. The Balaban J connectivity index is 2.19. The zero-order valence-electron chi connectivity index (χ0n) is 11.3. The summed E-state index contributed by atoms with van der Waals surface area (Å²) in [6.07, 6.45) is 3.24. The van der Waals surface area contributed by atoms with Gasteiger partial charge in [0.05, 0.1) is 11.2 Å². The molecule has 0 unspecified atom stereocenters. The summed E-state index contributed by atoms with van der Waals surface area (Å²) in [6.45, 7) is 4.07. The van der Waals surface area contributed by atoms with Crippen LogP contribution in [0.3, 0.4) is 0 Å². The molecule has 0 aliphatic carbocycles. The summed E-state index contributed by atoms with van der Waals surface area (Å²) >= 11 is 7.29. The molecule has 0 aliphatic heterocycles. The van der Waals surface area contributed by atoms with Crippen LogP contribution in [0.1, 0.15) is 35.9 Å². The van der Waals surface area contributed by atoms with Gasteiger partial charge in [-0.05, 0) is 12.2 Å². The Bertz CT molecular complexity index is 628. The van der Waals surface area contributed by atoms with Crippen LogP contribution in [0.25, 0.3) is 0 Å². The Morgan fingerprint density at radius 3 is 2.85 bits per heavy atom. The molecule has 106 valence electrons. The molecule has 8 heteroatoms. The van der Waals surface area contributed by atoms with E-state index < -0.39 is 5.91 Å². The largest absolute Gasteiger partial charge is 0.304 e. The van der Waals surface area contributed by atoms with Crippen molar-refractivity contribution in [2.45, 2.75) is 24.9 Å². The van der Waals surface area contributed by atoms with E-state index in [2.05, 4.69) is 25.5 Å². The van der Waals surface area contributed by atoms with Gasteiger partial charge in [0.1, 0.15) is 0 Å². The van der Waals surface area contributed by atoms with Crippen LogP contribution in [0, 0.1) is 0 Å². The van der Waals surface area contributed by atoms with Gasteiger partial charge in [-0.15, -0.1) is 0 Å². The van der Waals surface area contributed by atoms with Gasteiger partial charge < -0.3 is 5.32 Å². The highest BCUT2D eigenvalue weighted by Gasteiger charge is 2.16. The summed E-state index contributed by atoms with van der Waals surface area (Å²) in [5.41, 5.74) is 1.08. The van der Waals surface area contributed by atoms with Crippen LogP contribution in [-0.2, 0) is 0 Å². The molecule has 0 aromatic carbocycles. The molecule has 2 N–H and O–H groups in total. The summed E-state index contributed by atoms with van der Waals surface area (Å²) < 4.78 is 0. The minimum Gasteiger partial charge on any atom is -0.304 e. The number of thioether (sulfide) groups is 1. The van der Waals surface area contributed by atoms with Gasteiger partial charge in [-0.3, -0.25) is 9.89 Å². The molecule has 0 saturated carbocycles. The van der Waals surface area contributed by atoms with Crippen LogP contribution >= 0.6 is 23.4 Å². The predicted molar refractivity (Wildman–Crippen MR) is 79.5 cm³/mol. The predicted octanol–water partition coefficient (Wildman–Crippen LogP) is 2.95. The summed E-state index contributed by atoms with van der Waals surface area (Å²) in [4.78, 5) is 20.2. The van der Waals surface area contributed by atoms with Crippen LogP contribution in [0.15, 0.2) is 17.4 Å². The Hall–Kier alpha value is -1.60. The third-order valence-corrected chi connectivity index (χ3v) is 3.42. The zero-order valence-corrected chi connectivity index (χ0v) is 12.8. The highest BCUT2D eigenvalue weighted by atomic mass is 35.5. The molecule has 0 saturated heterocycles. The first-order valence-electron chi connectivity index (χ1n) is 5.94. The average molecular weight is 312 g/mol. The maximum atomic E-state index is 12.1. The van der Waals surface area contributed by atoms with E-state index >= 15 is 0 Å². The van der Waals surface area contributed by atoms with Crippen LogP contribution in [0.4, 0.5) is 5.82 Å². The molecule has 0 aliphatic rings. The molecular weight excluding hydrogens is 298 g/mol. The van der Waals surface area contributed by atoms with Crippen molar-refractivity contribution in [1.29, 1.82) is 0 Å². The van der Waals surface area contributed by atoms with Crippen molar-refractivity contribution < 1.29 is 4.79 Å². The Kier molecular flexibility index (Phi) is 4.61. The number of rotatable bonds is 4. The third kappa shape index (κ3) is 3.29. The van der Waals surface area contributed by atoms with E-state index in [1.54, 1.807) is 6.07 Å². The lowest BCUT2D eigenvalue weighted by atomic mass is 10.1. The van der Waals surface area contributed by atoms with E-state index in [9.17, 15) is 4.79 Å². The summed E-state index contributed by atoms with van der Waals surface area (Å²) in [5.74, 6) is 0.340. The van der Waals surface area contributed by atoms with Crippen LogP contribution in [0.2, 0.25) is 5.02 Å². The van der Waals surface area contributed by atoms with Gasteiger partial charge in [0.15, 0.2) is 16.7 Å². The van der Waals surface area contributed by atoms with E-state index in [1.165, 1.54) is 18.0 Å². The molecule has 2 aromatic rings. The van der Waals surface area contributed by atoms with Crippen LogP contribution in [-0.4, -0.2) is 32.3 Å².